The molecule has 0 aromatic rings. The molecule has 2 unspecified atom stereocenters. The molecule has 0 aliphatic heterocycles. The second-order valence-corrected chi connectivity index (χ2v) is 21.7. The molecule has 434 valence electrons. The van der Waals surface area contributed by atoms with Crippen LogP contribution in [0, 0.1) is 0 Å². The second kappa shape index (κ2) is 56.4. The van der Waals surface area contributed by atoms with Crippen molar-refractivity contribution in [3.05, 3.63) is 158 Å². The summed E-state index contributed by atoms with van der Waals surface area (Å²) in [6.07, 6.45) is 84.4. The third-order valence-electron chi connectivity index (χ3n) is 11.8. The zero-order valence-electron chi connectivity index (χ0n) is 49.1. The maximum atomic E-state index is 12.8. The van der Waals surface area contributed by atoms with Gasteiger partial charge in [-0.15, -0.1) is 0 Å². The zero-order valence-corrected chi connectivity index (χ0v) is 50.0. The predicted octanol–water partition coefficient (Wildman–Crippen LogP) is 18.2. The predicted molar refractivity (Wildman–Crippen MR) is 327 cm³/mol. The number of quaternary nitrogens is 1. The van der Waals surface area contributed by atoms with Gasteiger partial charge in [-0.25, -0.2) is 0 Å². The first-order valence-electron chi connectivity index (χ1n) is 29.7. The number of likely N-dealkylation sites (N-methyl/N-ethyl adjacent to an activating group) is 1. The SMILES string of the molecule is CC/C=C\C/C=C\C/C=C\C/C=C\C/C=C\C/C=C\C/C=C\C/C=C\C/C=C\C/C=C\C/C=C\CCCCCC(=O)OC(COC(=O)CCCCCCC/C=C\C/C=C\CCCCCC)COP(=O)([O-])OCC[N+](C)(C)C. The van der Waals surface area contributed by atoms with Crippen molar-refractivity contribution in [2.75, 3.05) is 47.5 Å². The smallest absolute Gasteiger partial charge is 0.306 e. The average molecular weight is 1090 g/mol. The number of hydrogen-bond donors (Lipinski definition) is 0. The van der Waals surface area contributed by atoms with E-state index in [0.717, 1.165) is 128 Å². The molecule has 77 heavy (non-hydrogen) atoms. The number of phosphoric acid groups is 1. The number of phosphoric ester groups is 1. The van der Waals surface area contributed by atoms with E-state index in [0.29, 0.717) is 23.9 Å². The average Bonchev–Trinajstić information content (AvgIpc) is 3.39. The van der Waals surface area contributed by atoms with Gasteiger partial charge in [0.05, 0.1) is 27.7 Å². The summed E-state index contributed by atoms with van der Waals surface area (Å²) in [5, 5.41) is 0. The van der Waals surface area contributed by atoms with Gasteiger partial charge < -0.3 is 27.9 Å². The van der Waals surface area contributed by atoms with Gasteiger partial charge in [-0.2, -0.15) is 0 Å². The number of hydrogen-bond acceptors (Lipinski definition) is 8. The summed E-state index contributed by atoms with van der Waals surface area (Å²) in [6, 6.07) is 0. The highest BCUT2D eigenvalue weighted by molar-refractivity contribution is 7.45. The van der Waals surface area contributed by atoms with Crippen LogP contribution in [0.1, 0.15) is 200 Å². The van der Waals surface area contributed by atoms with Crippen LogP contribution >= 0.6 is 7.82 Å². The van der Waals surface area contributed by atoms with Crippen LogP contribution in [0.3, 0.4) is 0 Å². The van der Waals surface area contributed by atoms with Crippen LogP contribution in [0.25, 0.3) is 0 Å². The first-order valence-corrected chi connectivity index (χ1v) is 31.2. The Morgan fingerprint density at radius 1 is 0.416 bits per heavy atom. The number of carbonyl (C=O) groups is 2. The van der Waals surface area contributed by atoms with Crippen LogP contribution in [0.4, 0.5) is 0 Å². The molecule has 2 atom stereocenters. The Kier molecular flexibility index (Phi) is 53.2. The summed E-state index contributed by atoms with van der Waals surface area (Å²) in [4.78, 5) is 37.8. The van der Waals surface area contributed by atoms with E-state index in [-0.39, 0.29) is 26.1 Å². The Hall–Kier alpha value is -4.37. The van der Waals surface area contributed by atoms with Crippen molar-refractivity contribution < 1.29 is 42.1 Å². The fourth-order valence-corrected chi connectivity index (χ4v) is 7.95. The number of rotatable bonds is 52. The highest BCUT2D eigenvalue weighted by Crippen LogP contribution is 2.38. The third-order valence-corrected chi connectivity index (χ3v) is 12.7. The van der Waals surface area contributed by atoms with E-state index in [2.05, 4.69) is 172 Å². The Balaban J connectivity index is 4.27. The van der Waals surface area contributed by atoms with Gasteiger partial charge in [0, 0.05) is 12.8 Å². The molecule has 0 heterocycles. The molecular weight excluding hydrogens is 978 g/mol. The molecule has 0 aliphatic rings. The van der Waals surface area contributed by atoms with Crippen molar-refractivity contribution >= 4 is 19.8 Å². The second-order valence-electron chi connectivity index (χ2n) is 20.3. The van der Waals surface area contributed by atoms with E-state index < -0.39 is 32.5 Å². The summed E-state index contributed by atoms with van der Waals surface area (Å²) in [5.41, 5.74) is 0. The fraction of sp³-hybridized carbons (Fsp3) is 0.582. The van der Waals surface area contributed by atoms with Gasteiger partial charge in [-0.3, -0.25) is 14.2 Å². The van der Waals surface area contributed by atoms with Crippen LogP contribution in [0.2, 0.25) is 0 Å². The van der Waals surface area contributed by atoms with Gasteiger partial charge in [0.25, 0.3) is 7.82 Å². The van der Waals surface area contributed by atoms with Crippen LogP contribution in [-0.4, -0.2) is 70.0 Å². The highest BCUT2D eigenvalue weighted by Gasteiger charge is 2.21. The van der Waals surface area contributed by atoms with E-state index in [4.69, 9.17) is 18.5 Å². The maximum Gasteiger partial charge on any atom is 0.306 e. The molecule has 0 aliphatic carbocycles. The van der Waals surface area contributed by atoms with Crippen molar-refractivity contribution in [3.8, 4) is 0 Å². The molecule has 0 radical (unpaired) electrons. The summed E-state index contributed by atoms with van der Waals surface area (Å²) in [7, 11) is 1.11. The Bertz CT molecular complexity index is 1850. The summed E-state index contributed by atoms with van der Waals surface area (Å²) >= 11 is 0. The van der Waals surface area contributed by atoms with Gasteiger partial charge in [0.2, 0.25) is 0 Å². The lowest BCUT2D eigenvalue weighted by Crippen LogP contribution is -2.37. The maximum absolute atomic E-state index is 12.8. The van der Waals surface area contributed by atoms with E-state index >= 15 is 0 Å². The standard InChI is InChI=1S/C67H108NO8P/c1-6-8-10-12-14-16-18-20-22-24-25-26-27-28-29-30-31-32-33-34-35-36-37-38-39-40-41-42-43-44-46-48-50-52-54-56-58-60-67(70)76-65(64-75-77(71,72)74-62-61-68(3,4)5)63-73-66(69)59-57-55-53-51-49-47-45-23-21-19-17-15-13-11-9-7-2/h8,10,14,16-17,19-20,22-23,25-26,28-29,31-32,34-35,37-38,40-41,43-45,48,50,65H,6-7,9,11-13,15,18,21,24,27,30,33,36,39,42,46-47,49,51-64H2,1-5H3/b10-8-,16-14-,19-17-,22-20-,26-25-,29-28-,32-31-,35-34-,38-37-,41-40-,44-43-,45-23-,50-48-. The molecule has 0 N–H and O–H groups in total. The normalized spacial score (nSPS) is 14.4. The molecule has 0 amide bonds. The lowest BCUT2D eigenvalue weighted by atomic mass is 10.1. The lowest BCUT2D eigenvalue weighted by molar-refractivity contribution is -0.870. The molecule has 0 aromatic heterocycles. The van der Waals surface area contributed by atoms with Crippen molar-refractivity contribution in [1.82, 2.24) is 0 Å². The summed E-state index contributed by atoms with van der Waals surface area (Å²) in [5.74, 6) is -0.902. The number of unbranched alkanes of at least 4 members (excludes halogenated alkanes) is 12. The lowest BCUT2D eigenvalue weighted by Gasteiger charge is -2.28. The zero-order chi connectivity index (χ0) is 56.3. The van der Waals surface area contributed by atoms with E-state index in [1.54, 1.807) is 0 Å². The minimum atomic E-state index is -4.66. The fourth-order valence-electron chi connectivity index (χ4n) is 7.22. The van der Waals surface area contributed by atoms with Crippen LogP contribution in [-0.2, 0) is 32.7 Å². The van der Waals surface area contributed by atoms with E-state index in [9.17, 15) is 19.0 Å². The van der Waals surface area contributed by atoms with Gasteiger partial charge in [-0.1, -0.05) is 217 Å². The minimum Gasteiger partial charge on any atom is -0.756 e. The summed E-state index contributed by atoms with van der Waals surface area (Å²) < 4.78 is 34.0. The van der Waals surface area contributed by atoms with Gasteiger partial charge in [0.1, 0.15) is 19.8 Å². The van der Waals surface area contributed by atoms with Crippen molar-refractivity contribution in [1.29, 1.82) is 0 Å². The monoisotopic (exact) mass is 1090 g/mol. The molecule has 0 saturated heterocycles. The summed E-state index contributed by atoms with van der Waals surface area (Å²) in [6.45, 7) is 4.02. The van der Waals surface area contributed by atoms with Crippen LogP contribution in [0.5, 0.6) is 0 Å². The van der Waals surface area contributed by atoms with Crippen LogP contribution < -0.4 is 4.89 Å². The van der Waals surface area contributed by atoms with E-state index in [1.807, 2.05) is 21.1 Å². The molecular formula is C67H108NO8P. The van der Waals surface area contributed by atoms with Crippen molar-refractivity contribution in [2.24, 2.45) is 0 Å². The van der Waals surface area contributed by atoms with Crippen molar-refractivity contribution in [3.63, 3.8) is 0 Å². The molecule has 0 aromatic carbocycles. The number of ether oxygens (including phenoxy) is 2. The molecule has 0 bridgehead atoms. The van der Waals surface area contributed by atoms with Gasteiger partial charge in [-0.05, 0) is 128 Å². The highest BCUT2D eigenvalue weighted by atomic mass is 31.2. The topological polar surface area (TPSA) is 111 Å². The molecule has 9 nitrogen and oxygen atoms in total. The van der Waals surface area contributed by atoms with Gasteiger partial charge in [0.15, 0.2) is 6.10 Å². The van der Waals surface area contributed by atoms with Crippen molar-refractivity contribution in [2.45, 2.75) is 206 Å². The third kappa shape index (κ3) is 60.7. The number of allylic oxidation sites excluding steroid dienone is 26. The Labute approximate surface area is 471 Å². The number of esters is 2. The number of carbonyl (C=O) groups excluding carboxylic acids is 2. The number of nitrogens with zero attached hydrogens (tertiary/aromatic N) is 1. The van der Waals surface area contributed by atoms with Crippen LogP contribution in [0.15, 0.2) is 158 Å². The first-order chi connectivity index (χ1) is 37.5. The minimum absolute atomic E-state index is 0.0490. The molecule has 10 heteroatoms. The van der Waals surface area contributed by atoms with E-state index in [1.165, 1.54) is 32.1 Å². The van der Waals surface area contributed by atoms with Gasteiger partial charge >= 0.3 is 11.9 Å². The molecule has 0 spiro atoms. The molecule has 0 saturated carbocycles. The molecule has 0 fully saturated rings. The quantitative estimate of drug-likeness (QED) is 0.0195. The Morgan fingerprint density at radius 2 is 0.740 bits per heavy atom. The first kappa shape index (κ1) is 72.6. The molecule has 0 rings (SSSR count). The largest absolute Gasteiger partial charge is 0.756 e. The Morgan fingerprint density at radius 3 is 1.12 bits per heavy atom.